The fraction of sp³-hybridized carbons (Fsp3) is 0.412. The quantitative estimate of drug-likeness (QED) is 0.867. The zero-order valence-electron chi connectivity index (χ0n) is 14.4. The third-order valence-corrected chi connectivity index (χ3v) is 3.14. The van der Waals surface area contributed by atoms with Crippen molar-refractivity contribution in [3.63, 3.8) is 0 Å². The molecule has 2 aromatic rings. The van der Waals surface area contributed by atoms with E-state index in [1.807, 2.05) is 13.1 Å². The standard InChI is InChI=1S/C17H23FN4O2/c1-5-22-11-14(10-20-22)19-9-12-8-13(18)6-7-15(12)21-16(23)24-17(2,3)4/h6-8,10-11,19H,5,9H2,1-4H3,(H,21,23). The summed E-state index contributed by atoms with van der Waals surface area (Å²) in [7, 11) is 0. The summed E-state index contributed by atoms with van der Waals surface area (Å²) >= 11 is 0. The summed E-state index contributed by atoms with van der Waals surface area (Å²) in [5.41, 5.74) is 1.34. The van der Waals surface area contributed by atoms with Gasteiger partial charge in [0, 0.05) is 25.0 Å². The van der Waals surface area contributed by atoms with Crippen molar-refractivity contribution in [1.29, 1.82) is 0 Å². The lowest BCUT2D eigenvalue weighted by Gasteiger charge is -2.20. The SMILES string of the molecule is CCn1cc(NCc2cc(F)ccc2NC(=O)OC(C)(C)C)cn1. The van der Waals surface area contributed by atoms with Crippen molar-refractivity contribution < 1.29 is 13.9 Å². The molecule has 7 heteroatoms. The number of rotatable bonds is 5. The lowest BCUT2D eigenvalue weighted by Crippen LogP contribution is -2.27. The summed E-state index contributed by atoms with van der Waals surface area (Å²) in [4.78, 5) is 11.9. The molecule has 130 valence electrons. The van der Waals surface area contributed by atoms with Gasteiger partial charge in [0.15, 0.2) is 0 Å². The molecule has 1 amide bonds. The molecule has 0 unspecified atom stereocenters. The smallest absolute Gasteiger partial charge is 0.412 e. The van der Waals surface area contributed by atoms with Crippen LogP contribution in [0, 0.1) is 5.82 Å². The van der Waals surface area contributed by atoms with Gasteiger partial charge in [-0.1, -0.05) is 0 Å². The van der Waals surface area contributed by atoms with Crippen LogP contribution in [0.25, 0.3) is 0 Å². The number of nitrogens with zero attached hydrogens (tertiary/aromatic N) is 2. The first-order valence-corrected chi connectivity index (χ1v) is 7.81. The van der Waals surface area contributed by atoms with Gasteiger partial charge in [0.1, 0.15) is 11.4 Å². The van der Waals surface area contributed by atoms with Gasteiger partial charge in [-0.05, 0) is 51.5 Å². The molecule has 0 aliphatic carbocycles. The minimum Gasteiger partial charge on any atom is -0.444 e. The summed E-state index contributed by atoms with van der Waals surface area (Å²) in [6.45, 7) is 8.46. The van der Waals surface area contributed by atoms with E-state index in [2.05, 4.69) is 15.7 Å². The van der Waals surface area contributed by atoms with Gasteiger partial charge >= 0.3 is 6.09 Å². The summed E-state index contributed by atoms with van der Waals surface area (Å²) in [6, 6.07) is 4.20. The van der Waals surface area contributed by atoms with Crippen LogP contribution < -0.4 is 10.6 Å². The molecule has 0 bridgehead atoms. The van der Waals surface area contributed by atoms with E-state index in [1.165, 1.54) is 18.2 Å². The maximum atomic E-state index is 13.6. The van der Waals surface area contributed by atoms with Crippen LogP contribution in [0.2, 0.25) is 0 Å². The zero-order valence-corrected chi connectivity index (χ0v) is 14.4. The highest BCUT2D eigenvalue weighted by molar-refractivity contribution is 5.86. The molecule has 0 aliphatic heterocycles. The molecule has 0 radical (unpaired) electrons. The molecule has 1 aromatic heterocycles. The third-order valence-electron chi connectivity index (χ3n) is 3.14. The molecular formula is C17H23FN4O2. The van der Waals surface area contributed by atoms with Crippen molar-refractivity contribution in [1.82, 2.24) is 9.78 Å². The predicted octanol–water partition coefficient (Wildman–Crippen LogP) is 4.00. The van der Waals surface area contributed by atoms with E-state index < -0.39 is 11.7 Å². The molecule has 6 nitrogen and oxygen atoms in total. The number of halogens is 1. The molecule has 0 saturated heterocycles. The van der Waals surface area contributed by atoms with Crippen molar-refractivity contribution in [2.45, 2.75) is 46.4 Å². The molecule has 0 saturated carbocycles. The van der Waals surface area contributed by atoms with E-state index in [4.69, 9.17) is 4.74 Å². The molecular weight excluding hydrogens is 311 g/mol. The Morgan fingerprint density at radius 2 is 2.12 bits per heavy atom. The number of aryl methyl sites for hydroxylation is 1. The molecule has 0 aliphatic rings. The van der Waals surface area contributed by atoms with Crippen molar-refractivity contribution in [2.75, 3.05) is 10.6 Å². The summed E-state index contributed by atoms with van der Waals surface area (Å²) < 4.78 is 20.6. The van der Waals surface area contributed by atoms with Crippen LogP contribution in [-0.4, -0.2) is 21.5 Å². The van der Waals surface area contributed by atoms with Crippen LogP contribution in [-0.2, 0) is 17.8 Å². The molecule has 1 aromatic carbocycles. The molecule has 0 spiro atoms. The Labute approximate surface area is 141 Å². The first kappa shape index (κ1) is 17.8. The predicted molar refractivity (Wildman–Crippen MR) is 91.5 cm³/mol. The van der Waals surface area contributed by atoms with E-state index in [-0.39, 0.29) is 5.82 Å². The summed E-state index contributed by atoms with van der Waals surface area (Å²) in [5.74, 6) is -0.370. The molecule has 2 rings (SSSR count). The lowest BCUT2D eigenvalue weighted by molar-refractivity contribution is 0.0635. The van der Waals surface area contributed by atoms with Crippen LogP contribution in [0.3, 0.4) is 0 Å². The van der Waals surface area contributed by atoms with Gasteiger partial charge in [-0.3, -0.25) is 10.00 Å². The number of carbonyl (C=O) groups excluding carboxylic acids is 1. The molecule has 0 atom stereocenters. The molecule has 1 heterocycles. The number of benzene rings is 1. The van der Waals surface area contributed by atoms with E-state index in [0.29, 0.717) is 17.8 Å². The van der Waals surface area contributed by atoms with E-state index in [0.717, 1.165) is 12.2 Å². The average molecular weight is 334 g/mol. The minimum atomic E-state index is -0.600. The second-order valence-corrected chi connectivity index (χ2v) is 6.37. The van der Waals surface area contributed by atoms with Crippen LogP contribution in [0.4, 0.5) is 20.6 Å². The number of anilines is 2. The Morgan fingerprint density at radius 3 is 2.75 bits per heavy atom. The van der Waals surface area contributed by atoms with Crippen molar-refractivity contribution in [2.24, 2.45) is 0 Å². The average Bonchev–Trinajstić information content (AvgIpc) is 2.93. The minimum absolute atomic E-state index is 0.346. The Bertz CT molecular complexity index is 707. The van der Waals surface area contributed by atoms with E-state index in [1.54, 1.807) is 31.6 Å². The number of hydrogen-bond donors (Lipinski definition) is 2. The van der Waals surface area contributed by atoms with Gasteiger partial charge in [-0.25, -0.2) is 9.18 Å². The maximum absolute atomic E-state index is 13.6. The monoisotopic (exact) mass is 334 g/mol. The molecule has 0 fully saturated rings. The fourth-order valence-corrected chi connectivity index (χ4v) is 2.07. The largest absolute Gasteiger partial charge is 0.444 e. The van der Waals surface area contributed by atoms with Gasteiger partial charge in [-0.2, -0.15) is 5.10 Å². The number of amides is 1. The summed E-state index contributed by atoms with van der Waals surface area (Å²) in [5, 5.41) is 9.99. The molecule has 24 heavy (non-hydrogen) atoms. The summed E-state index contributed by atoms with van der Waals surface area (Å²) in [6.07, 6.45) is 2.98. The van der Waals surface area contributed by atoms with Gasteiger partial charge < -0.3 is 10.1 Å². The maximum Gasteiger partial charge on any atom is 0.412 e. The Morgan fingerprint density at radius 1 is 1.38 bits per heavy atom. The molecule has 2 N–H and O–H groups in total. The van der Waals surface area contributed by atoms with Crippen molar-refractivity contribution >= 4 is 17.5 Å². The van der Waals surface area contributed by atoms with Crippen LogP contribution in [0.15, 0.2) is 30.6 Å². The zero-order chi connectivity index (χ0) is 17.7. The number of nitrogens with one attached hydrogen (secondary N) is 2. The van der Waals surface area contributed by atoms with Crippen LogP contribution in [0.5, 0.6) is 0 Å². The Balaban J connectivity index is 2.08. The Hall–Kier alpha value is -2.57. The van der Waals surface area contributed by atoms with E-state index >= 15 is 0 Å². The van der Waals surface area contributed by atoms with Crippen molar-refractivity contribution in [3.8, 4) is 0 Å². The normalized spacial score (nSPS) is 11.2. The number of hydrogen-bond acceptors (Lipinski definition) is 4. The third kappa shape index (κ3) is 5.26. The first-order chi connectivity index (χ1) is 11.3. The fourth-order valence-electron chi connectivity index (χ4n) is 2.07. The second-order valence-electron chi connectivity index (χ2n) is 6.37. The first-order valence-electron chi connectivity index (χ1n) is 7.81. The van der Waals surface area contributed by atoms with E-state index in [9.17, 15) is 9.18 Å². The Kier molecular flexibility index (Phi) is 5.43. The number of ether oxygens (including phenoxy) is 1. The van der Waals surface area contributed by atoms with Crippen LogP contribution in [0.1, 0.15) is 33.3 Å². The van der Waals surface area contributed by atoms with Crippen molar-refractivity contribution in [3.05, 3.63) is 42.0 Å². The highest BCUT2D eigenvalue weighted by Crippen LogP contribution is 2.20. The number of aromatic nitrogens is 2. The van der Waals surface area contributed by atoms with Gasteiger partial charge in [-0.15, -0.1) is 0 Å². The van der Waals surface area contributed by atoms with Gasteiger partial charge in [0.05, 0.1) is 11.9 Å². The van der Waals surface area contributed by atoms with Crippen LogP contribution >= 0.6 is 0 Å². The highest BCUT2D eigenvalue weighted by Gasteiger charge is 2.17. The van der Waals surface area contributed by atoms with Gasteiger partial charge in [0.25, 0.3) is 0 Å². The van der Waals surface area contributed by atoms with Gasteiger partial charge in [0.2, 0.25) is 0 Å². The topological polar surface area (TPSA) is 68.2 Å². The number of carbonyl (C=O) groups is 1. The second kappa shape index (κ2) is 7.33. The highest BCUT2D eigenvalue weighted by atomic mass is 19.1. The lowest BCUT2D eigenvalue weighted by atomic mass is 10.1.